The molecule has 5 heteroatoms. The van der Waals surface area contributed by atoms with Gasteiger partial charge in [-0.1, -0.05) is 0 Å². The van der Waals surface area contributed by atoms with Crippen LogP contribution in [0.15, 0.2) is 12.4 Å². The number of ether oxygens (including phenoxy) is 1. The summed E-state index contributed by atoms with van der Waals surface area (Å²) in [6.07, 6.45) is 6.88. The molecule has 0 radical (unpaired) electrons. The van der Waals surface area contributed by atoms with Gasteiger partial charge in [0.05, 0.1) is 19.3 Å². The largest absolute Gasteiger partial charge is 0.374 e. The zero-order chi connectivity index (χ0) is 13.1. The minimum atomic E-state index is 0.333. The monoisotopic (exact) mass is 264 g/mol. The maximum Gasteiger partial charge on any atom is 0.122 e. The lowest BCUT2D eigenvalue weighted by atomic mass is 10.2. The van der Waals surface area contributed by atoms with Gasteiger partial charge in [-0.3, -0.25) is 4.90 Å². The van der Waals surface area contributed by atoms with E-state index in [0.29, 0.717) is 12.1 Å². The SMILES string of the molecule is CCn1ccnc1CNCC1CN2CCCC2CO1. The van der Waals surface area contributed by atoms with Crippen molar-refractivity contribution in [3.8, 4) is 0 Å². The molecule has 0 bridgehead atoms. The Hall–Kier alpha value is -0.910. The van der Waals surface area contributed by atoms with E-state index in [0.717, 1.165) is 38.6 Å². The smallest absolute Gasteiger partial charge is 0.122 e. The van der Waals surface area contributed by atoms with Gasteiger partial charge in [-0.2, -0.15) is 0 Å². The van der Waals surface area contributed by atoms with Crippen LogP contribution >= 0.6 is 0 Å². The number of morpholine rings is 1. The van der Waals surface area contributed by atoms with E-state index in [-0.39, 0.29) is 0 Å². The topological polar surface area (TPSA) is 42.3 Å². The first kappa shape index (κ1) is 13.1. The van der Waals surface area contributed by atoms with Crippen LogP contribution in [0.4, 0.5) is 0 Å². The number of aromatic nitrogens is 2. The summed E-state index contributed by atoms with van der Waals surface area (Å²) in [5.41, 5.74) is 0. The van der Waals surface area contributed by atoms with E-state index >= 15 is 0 Å². The summed E-state index contributed by atoms with van der Waals surface area (Å²) in [7, 11) is 0. The Morgan fingerprint density at radius 2 is 2.47 bits per heavy atom. The molecule has 2 atom stereocenters. The first-order chi connectivity index (χ1) is 9.36. The molecule has 1 aromatic rings. The second kappa shape index (κ2) is 6.03. The van der Waals surface area contributed by atoms with Crippen LogP contribution in [0.3, 0.4) is 0 Å². The van der Waals surface area contributed by atoms with Crippen molar-refractivity contribution in [1.29, 1.82) is 0 Å². The van der Waals surface area contributed by atoms with E-state index < -0.39 is 0 Å². The Morgan fingerprint density at radius 3 is 3.37 bits per heavy atom. The van der Waals surface area contributed by atoms with Crippen molar-refractivity contribution in [3.63, 3.8) is 0 Å². The second-order valence-electron chi connectivity index (χ2n) is 5.51. The number of fused-ring (bicyclic) bond motifs is 1. The van der Waals surface area contributed by atoms with Gasteiger partial charge in [0.15, 0.2) is 0 Å². The van der Waals surface area contributed by atoms with E-state index in [4.69, 9.17) is 4.74 Å². The third-order valence-corrected chi connectivity index (χ3v) is 4.26. The van der Waals surface area contributed by atoms with Gasteiger partial charge in [-0.05, 0) is 26.3 Å². The van der Waals surface area contributed by atoms with Gasteiger partial charge < -0.3 is 14.6 Å². The van der Waals surface area contributed by atoms with E-state index in [9.17, 15) is 0 Å². The van der Waals surface area contributed by atoms with Gasteiger partial charge in [0.25, 0.3) is 0 Å². The maximum atomic E-state index is 5.94. The van der Waals surface area contributed by atoms with Gasteiger partial charge in [-0.25, -0.2) is 4.98 Å². The molecule has 0 amide bonds. The summed E-state index contributed by atoms with van der Waals surface area (Å²) in [5.74, 6) is 1.11. The van der Waals surface area contributed by atoms with Crippen LogP contribution in [0, 0.1) is 0 Å². The minimum absolute atomic E-state index is 0.333. The highest BCUT2D eigenvalue weighted by atomic mass is 16.5. The molecule has 1 aromatic heterocycles. The number of hydrogen-bond acceptors (Lipinski definition) is 4. The Labute approximate surface area is 114 Å². The molecule has 2 fully saturated rings. The van der Waals surface area contributed by atoms with E-state index in [2.05, 4.69) is 26.7 Å². The Bertz CT molecular complexity index is 406. The van der Waals surface area contributed by atoms with E-state index in [1.54, 1.807) is 0 Å². The van der Waals surface area contributed by atoms with Crippen LogP contribution < -0.4 is 5.32 Å². The average Bonchev–Trinajstić information content (AvgIpc) is 3.06. The highest BCUT2D eigenvalue weighted by Crippen LogP contribution is 2.22. The summed E-state index contributed by atoms with van der Waals surface area (Å²) < 4.78 is 8.11. The van der Waals surface area contributed by atoms with Gasteiger partial charge in [-0.15, -0.1) is 0 Å². The molecule has 5 nitrogen and oxygen atoms in total. The Morgan fingerprint density at radius 1 is 1.53 bits per heavy atom. The molecule has 0 aromatic carbocycles. The molecule has 3 heterocycles. The fourth-order valence-electron chi connectivity index (χ4n) is 3.15. The van der Waals surface area contributed by atoms with Gasteiger partial charge in [0.1, 0.15) is 5.82 Å². The minimum Gasteiger partial charge on any atom is -0.374 e. The van der Waals surface area contributed by atoms with Crippen LogP contribution in [0.5, 0.6) is 0 Å². The van der Waals surface area contributed by atoms with Crippen molar-refractivity contribution < 1.29 is 4.74 Å². The Balaban J connectivity index is 1.43. The molecule has 1 N–H and O–H groups in total. The van der Waals surface area contributed by atoms with Gasteiger partial charge >= 0.3 is 0 Å². The maximum absolute atomic E-state index is 5.94. The lowest BCUT2D eigenvalue weighted by molar-refractivity contribution is -0.0471. The zero-order valence-electron chi connectivity index (χ0n) is 11.7. The number of rotatable bonds is 5. The molecule has 3 rings (SSSR count). The average molecular weight is 264 g/mol. The molecule has 106 valence electrons. The van der Waals surface area contributed by atoms with Crippen molar-refractivity contribution >= 4 is 0 Å². The lowest BCUT2D eigenvalue weighted by Crippen LogP contribution is -2.49. The summed E-state index contributed by atoms with van der Waals surface area (Å²) in [6.45, 7) is 8.11. The van der Waals surface area contributed by atoms with Crippen LogP contribution in [0.25, 0.3) is 0 Å². The number of aryl methyl sites for hydroxylation is 1. The van der Waals surface area contributed by atoms with Crippen LogP contribution in [0.2, 0.25) is 0 Å². The number of imidazole rings is 1. The third kappa shape index (κ3) is 2.99. The van der Waals surface area contributed by atoms with Crippen LogP contribution in [0.1, 0.15) is 25.6 Å². The van der Waals surface area contributed by atoms with Crippen molar-refractivity contribution in [2.75, 3.05) is 26.2 Å². The summed E-state index contributed by atoms with van der Waals surface area (Å²) in [5, 5.41) is 3.48. The second-order valence-corrected chi connectivity index (χ2v) is 5.51. The number of hydrogen-bond donors (Lipinski definition) is 1. The molecule has 19 heavy (non-hydrogen) atoms. The van der Waals surface area contributed by atoms with E-state index in [1.807, 2.05) is 12.4 Å². The van der Waals surface area contributed by atoms with E-state index in [1.165, 1.54) is 19.4 Å². The van der Waals surface area contributed by atoms with Crippen LogP contribution in [-0.4, -0.2) is 52.8 Å². The first-order valence-corrected chi connectivity index (χ1v) is 7.43. The van der Waals surface area contributed by atoms with Crippen molar-refractivity contribution in [2.24, 2.45) is 0 Å². The highest BCUT2D eigenvalue weighted by Gasteiger charge is 2.31. The first-order valence-electron chi connectivity index (χ1n) is 7.43. The normalized spacial score (nSPS) is 27.6. The van der Waals surface area contributed by atoms with Gasteiger partial charge in [0, 0.05) is 38.1 Å². The molecule has 2 aliphatic heterocycles. The number of nitrogens with zero attached hydrogens (tertiary/aromatic N) is 3. The molecule has 2 saturated heterocycles. The fourth-order valence-corrected chi connectivity index (χ4v) is 3.15. The highest BCUT2D eigenvalue weighted by molar-refractivity contribution is 4.92. The number of nitrogens with one attached hydrogen (secondary N) is 1. The van der Waals surface area contributed by atoms with Gasteiger partial charge in [0.2, 0.25) is 0 Å². The predicted octanol–water partition coefficient (Wildman–Crippen LogP) is 0.856. The molecule has 2 unspecified atom stereocenters. The summed E-state index contributed by atoms with van der Waals surface area (Å²) in [6, 6.07) is 0.690. The summed E-state index contributed by atoms with van der Waals surface area (Å²) >= 11 is 0. The Kier molecular flexibility index (Phi) is 4.15. The van der Waals surface area contributed by atoms with Crippen LogP contribution in [-0.2, 0) is 17.8 Å². The standard InChI is InChI=1S/C14H24N4O/c1-2-17-7-5-16-14(17)9-15-8-13-10-18-6-3-4-12(18)11-19-13/h5,7,12-13,15H,2-4,6,8-11H2,1H3. The third-order valence-electron chi connectivity index (χ3n) is 4.26. The van der Waals surface area contributed by atoms with Crippen molar-refractivity contribution in [3.05, 3.63) is 18.2 Å². The quantitative estimate of drug-likeness (QED) is 0.856. The molecule has 0 aliphatic carbocycles. The molecule has 2 aliphatic rings. The van der Waals surface area contributed by atoms with Crippen molar-refractivity contribution in [2.45, 2.75) is 45.0 Å². The van der Waals surface area contributed by atoms with Crippen molar-refractivity contribution in [1.82, 2.24) is 19.8 Å². The molecule has 0 saturated carbocycles. The molecule has 0 spiro atoms. The summed E-state index contributed by atoms with van der Waals surface area (Å²) in [4.78, 5) is 6.96. The lowest BCUT2D eigenvalue weighted by Gasteiger charge is -2.35. The molecular formula is C14H24N4O. The fraction of sp³-hybridized carbons (Fsp3) is 0.786. The zero-order valence-corrected chi connectivity index (χ0v) is 11.7. The predicted molar refractivity (Wildman–Crippen MR) is 73.9 cm³/mol. The molecular weight excluding hydrogens is 240 g/mol.